The first-order valence-corrected chi connectivity index (χ1v) is 6.03. The fourth-order valence-corrected chi connectivity index (χ4v) is 1.73. The number of anilines is 2. The number of carbonyl (C=O) groups excluding carboxylic acids is 1. The molecule has 0 fully saturated rings. The molecule has 0 radical (unpaired) electrons. The molecule has 0 saturated carbocycles. The molecule has 2 aromatic rings. The lowest BCUT2D eigenvalue weighted by Gasteiger charge is -2.09. The third kappa shape index (κ3) is 3.00. The predicted octanol–water partition coefficient (Wildman–Crippen LogP) is 2.54. The summed E-state index contributed by atoms with van der Waals surface area (Å²) in [5.41, 5.74) is 7.41. The zero-order valence-corrected chi connectivity index (χ0v) is 11.3. The highest BCUT2D eigenvalue weighted by atomic mass is 16.5. The minimum atomic E-state index is -0.209. The Bertz CT molecular complexity index is 609. The number of ether oxygens (including phenoxy) is 2. The molecule has 0 aliphatic heterocycles. The van der Waals surface area contributed by atoms with Gasteiger partial charge in [0.2, 0.25) is 0 Å². The minimum absolute atomic E-state index is 0.209. The van der Waals surface area contributed by atoms with Gasteiger partial charge < -0.3 is 20.5 Å². The molecule has 104 valence electrons. The van der Waals surface area contributed by atoms with Crippen molar-refractivity contribution in [1.29, 1.82) is 0 Å². The van der Waals surface area contributed by atoms with E-state index in [0.717, 1.165) is 0 Å². The van der Waals surface area contributed by atoms with Gasteiger partial charge >= 0.3 is 0 Å². The molecule has 3 N–H and O–H groups in total. The van der Waals surface area contributed by atoms with Gasteiger partial charge in [-0.05, 0) is 36.4 Å². The average molecular weight is 272 g/mol. The highest BCUT2D eigenvalue weighted by Gasteiger charge is 2.08. The summed E-state index contributed by atoms with van der Waals surface area (Å²) in [4.78, 5) is 12.1. The zero-order valence-electron chi connectivity index (χ0n) is 11.3. The maximum absolute atomic E-state index is 12.1. The van der Waals surface area contributed by atoms with Gasteiger partial charge in [-0.2, -0.15) is 0 Å². The molecule has 1 amide bonds. The average Bonchev–Trinajstić information content (AvgIpc) is 2.49. The van der Waals surface area contributed by atoms with E-state index in [4.69, 9.17) is 15.2 Å². The Kier molecular flexibility index (Phi) is 4.10. The zero-order chi connectivity index (χ0) is 14.5. The van der Waals surface area contributed by atoms with Gasteiger partial charge in [0, 0.05) is 17.3 Å². The van der Waals surface area contributed by atoms with E-state index < -0.39 is 0 Å². The molecule has 0 unspecified atom stereocenters. The number of nitrogens with two attached hydrogens (primary N) is 1. The van der Waals surface area contributed by atoms with Gasteiger partial charge in [0.05, 0.1) is 19.9 Å². The summed E-state index contributed by atoms with van der Waals surface area (Å²) in [5.74, 6) is 1.02. The molecule has 2 aromatic carbocycles. The molecule has 2 rings (SSSR count). The predicted molar refractivity (Wildman–Crippen MR) is 78.4 cm³/mol. The number of hydrogen-bond acceptors (Lipinski definition) is 4. The lowest BCUT2D eigenvalue weighted by Crippen LogP contribution is -2.11. The van der Waals surface area contributed by atoms with E-state index in [2.05, 4.69) is 5.32 Å². The highest BCUT2D eigenvalue weighted by Crippen LogP contribution is 2.25. The Morgan fingerprint density at radius 1 is 1.05 bits per heavy atom. The van der Waals surface area contributed by atoms with E-state index in [1.807, 2.05) is 0 Å². The van der Waals surface area contributed by atoms with E-state index in [1.54, 1.807) is 49.6 Å². The smallest absolute Gasteiger partial charge is 0.255 e. The maximum atomic E-state index is 12.1. The fourth-order valence-electron chi connectivity index (χ4n) is 1.73. The third-order valence-electron chi connectivity index (χ3n) is 2.84. The highest BCUT2D eigenvalue weighted by molar-refractivity contribution is 6.04. The molecule has 0 aliphatic rings. The van der Waals surface area contributed by atoms with Gasteiger partial charge in [-0.1, -0.05) is 0 Å². The second-order valence-corrected chi connectivity index (χ2v) is 4.14. The van der Waals surface area contributed by atoms with E-state index in [9.17, 15) is 4.79 Å². The van der Waals surface area contributed by atoms with Crippen molar-refractivity contribution in [3.05, 3.63) is 48.0 Å². The van der Waals surface area contributed by atoms with E-state index >= 15 is 0 Å². The summed E-state index contributed by atoms with van der Waals surface area (Å²) in [5, 5.41) is 2.78. The van der Waals surface area contributed by atoms with E-state index in [1.165, 1.54) is 7.11 Å². The first kappa shape index (κ1) is 13.7. The molecule has 0 spiro atoms. The Morgan fingerprint density at radius 3 is 2.35 bits per heavy atom. The number of nitrogens with one attached hydrogen (secondary N) is 1. The number of hydrogen-bond donors (Lipinski definition) is 2. The standard InChI is InChI=1S/C15H16N2O3/c1-19-12-6-3-10(4-7-12)15(18)17-11-5-8-13(16)14(9-11)20-2/h3-9H,16H2,1-2H3,(H,17,18). The first-order chi connectivity index (χ1) is 9.63. The Balaban J connectivity index is 2.14. The van der Waals surface area contributed by atoms with Crippen molar-refractivity contribution < 1.29 is 14.3 Å². The molecule has 0 bridgehead atoms. The molecular weight excluding hydrogens is 256 g/mol. The molecular formula is C15H16N2O3. The van der Waals surface area contributed by atoms with Crippen LogP contribution >= 0.6 is 0 Å². The Hall–Kier alpha value is -2.69. The monoisotopic (exact) mass is 272 g/mol. The van der Waals surface area contributed by atoms with Crippen LogP contribution in [-0.2, 0) is 0 Å². The van der Waals surface area contributed by atoms with Crippen LogP contribution in [-0.4, -0.2) is 20.1 Å². The lowest BCUT2D eigenvalue weighted by atomic mass is 10.2. The summed E-state index contributed by atoms with van der Waals surface area (Å²) < 4.78 is 10.2. The van der Waals surface area contributed by atoms with Crippen LogP contribution in [0.2, 0.25) is 0 Å². The van der Waals surface area contributed by atoms with Crippen LogP contribution in [0.5, 0.6) is 11.5 Å². The van der Waals surface area contributed by atoms with Crippen LogP contribution < -0.4 is 20.5 Å². The van der Waals surface area contributed by atoms with Gasteiger partial charge in [-0.25, -0.2) is 0 Å². The molecule has 0 saturated heterocycles. The largest absolute Gasteiger partial charge is 0.497 e. The molecule has 5 heteroatoms. The van der Waals surface area contributed by atoms with Crippen molar-refractivity contribution in [1.82, 2.24) is 0 Å². The van der Waals surface area contributed by atoms with Crippen LogP contribution in [0.15, 0.2) is 42.5 Å². The molecule has 5 nitrogen and oxygen atoms in total. The number of methoxy groups -OCH3 is 2. The lowest BCUT2D eigenvalue weighted by molar-refractivity contribution is 0.102. The normalized spacial score (nSPS) is 9.90. The number of amides is 1. The van der Waals surface area contributed by atoms with Gasteiger partial charge in [0.25, 0.3) is 5.91 Å². The van der Waals surface area contributed by atoms with Gasteiger partial charge in [-0.3, -0.25) is 4.79 Å². The summed E-state index contributed by atoms with van der Waals surface area (Å²) in [6.07, 6.45) is 0. The van der Waals surface area contributed by atoms with Crippen molar-refractivity contribution in [3.63, 3.8) is 0 Å². The van der Waals surface area contributed by atoms with Crippen LogP contribution in [0.3, 0.4) is 0 Å². The maximum Gasteiger partial charge on any atom is 0.255 e. The first-order valence-electron chi connectivity index (χ1n) is 6.03. The van der Waals surface area contributed by atoms with Gasteiger partial charge in [0.15, 0.2) is 0 Å². The number of benzene rings is 2. The van der Waals surface area contributed by atoms with Crippen molar-refractivity contribution in [2.45, 2.75) is 0 Å². The van der Waals surface area contributed by atoms with Gasteiger partial charge in [0.1, 0.15) is 11.5 Å². The SMILES string of the molecule is COc1ccc(C(=O)Nc2ccc(N)c(OC)c2)cc1. The second kappa shape index (κ2) is 5.97. The van der Waals surface area contributed by atoms with Crippen LogP contribution in [0, 0.1) is 0 Å². The third-order valence-corrected chi connectivity index (χ3v) is 2.84. The Morgan fingerprint density at radius 2 is 1.75 bits per heavy atom. The summed E-state index contributed by atoms with van der Waals surface area (Å²) in [7, 11) is 3.11. The van der Waals surface area contributed by atoms with E-state index in [-0.39, 0.29) is 5.91 Å². The molecule has 0 heterocycles. The summed E-state index contributed by atoms with van der Waals surface area (Å²) in [6.45, 7) is 0. The summed E-state index contributed by atoms with van der Waals surface area (Å²) >= 11 is 0. The molecule has 0 atom stereocenters. The van der Waals surface area contributed by atoms with Crippen molar-refractivity contribution in [2.75, 3.05) is 25.3 Å². The topological polar surface area (TPSA) is 73.6 Å². The van der Waals surface area contributed by atoms with Crippen molar-refractivity contribution >= 4 is 17.3 Å². The Labute approximate surface area is 117 Å². The number of rotatable bonds is 4. The summed E-state index contributed by atoms with van der Waals surface area (Å²) in [6, 6.07) is 11.9. The minimum Gasteiger partial charge on any atom is -0.497 e. The number of nitrogen functional groups attached to an aromatic ring is 1. The fraction of sp³-hybridized carbons (Fsp3) is 0.133. The quantitative estimate of drug-likeness (QED) is 0.839. The molecule has 0 aliphatic carbocycles. The molecule has 0 aromatic heterocycles. The van der Waals surface area contributed by atoms with Gasteiger partial charge in [-0.15, -0.1) is 0 Å². The van der Waals surface area contributed by atoms with Crippen molar-refractivity contribution in [2.24, 2.45) is 0 Å². The van der Waals surface area contributed by atoms with Crippen LogP contribution in [0.1, 0.15) is 10.4 Å². The second-order valence-electron chi connectivity index (χ2n) is 4.14. The molecule has 20 heavy (non-hydrogen) atoms. The van der Waals surface area contributed by atoms with Crippen molar-refractivity contribution in [3.8, 4) is 11.5 Å². The van der Waals surface area contributed by atoms with Crippen LogP contribution in [0.4, 0.5) is 11.4 Å². The van der Waals surface area contributed by atoms with Crippen LogP contribution in [0.25, 0.3) is 0 Å². The van der Waals surface area contributed by atoms with E-state index in [0.29, 0.717) is 28.4 Å². The number of carbonyl (C=O) groups is 1.